The van der Waals surface area contributed by atoms with E-state index in [4.69, 9.17) is 4.74 Å². The molecule has 1 aromatic carbocycles. The Labute approximate surface area is 146 Å². The molecular weight excluding hydrogens is 323 g/mol. The second-order valence-electron chi connectivity index (χ2n) is 5.73. The second kappa shape index (κ2) is 8.43. The normalized spacial score (nSPS) is 14.2. The van der Waals surface area contributed by atoms with Gasteiger partial charge in [0.2, 0.25) is 0 Å². The lowest BCUT2D eigenvalue weighted by Gasteiger charge is -2.27. The molecule has 7 heteroatoms. The molecule has 0 radical (unpaired) electrons. The van der Waals surface area contributed by atoms with Crippen LogP contribution in [0.25, 0.3) is 0 Å². The van der Waals surface area contributed by atoms with Gasteiger partial charge >= 0.3 is 6.03 Å². The van der Waals surface area contributed by atoms with Crippen LogP contribution in [0.2, 0.25) is 0 Å². The van der Waals surface area contributed by atoms with E-state index >= 15 is 0 Å². The number of nitrogens with one attached hydrogen (secondary N) is 2. The van der Waals surface area contributed by atoms with Gasteiger partial charge in [0.05, 0.1) is 25.1 Å². The number of aromatic nitrogens is 1. The highest BCUT2D eigenvalue weighted by molar-refractivity contribution is 5.89. The van der Waals surface area contributed by atoms with Crippen LogP contribution in [0, 0.1) is 5.82 Å². The average molecular weight is 344 g/mol. The van der Waals surface area contributed by atoms with Gasteiger partial charge in [-0.1, -0.05) is 18.2 Å². The Bertz CT molecular complexity index is 702. The van der Waals surface area contributed by atoms with Crippen molar-refractivity contribution in [3.8, 4) is 0 Å². The Morgan fingerprint density at radius 3 is 2.72 bits per heavy atom. The van der Waals surface area contributed by atoms with Crippen molar-refractivity contribution in [1.29, 1.82) is 0 Å². The van der Waals surface area contributed by atoms with Crippen molar-refractivity contribution in [2.24, 2.45) is 0 Å². The molecule has 6 nitrogen and oxygen atoms in total. The van der Waals surface area contributed by atoms with Gasteiger partial charge in [0.25, 0.3) is 0 Å². The van der Waals surface area contributed by atoms with Crippen molar-refractivity contribution in [1.82, 2.24) is 10.3 Å². The molecule has 2 amide bonds. The molecule has 2 N–H and O–H groups in total. The number of hydrogen-bond donors (Lipinski definition) is 2. The maximum absolute atomic E-state index is 13.5. The molecule has 1 aliphatic rings. The van der Waals surface area contributed by atoms with Crippen molar-refractivity contribution < 1.29 is 13.9 Å². The van der Waals surface area contributed by atoms with Crippen LogP contribution >= 0.6 is 0 Å². The summed E-state index contributed by atoms with van der Waals surface area (Å²) in [5.41, 5.74) is 1.19. The largest absolute Gasteiger partial charge is 0.378 e. The number of benzene rings is 1. The topological polar surface area (TPSA) is 66.5 Å². The smallest absolute Gasteiger partial charge is 0.319 e. The summed E-state index contributed by atoms with van der Waals surface area (Å²) in [5, 5.41) is 5.44. The molecule has 132 valence electrons. The predicted molar refractivity (Wildman–Crippen MR) is 94.4 cm³/mol. The van der Waals surface area contributed by atoms with E-state index in [2.05, 4.69) is 20.5 Å². The number of pyridine rings is 1. The van der Waals surface area contributed by atoms with Crippen LogP contribution in [0.3, 0.4) is 0 Å². The Kier molecular flexibility index (Phi) is 5.79. The zero-order chi connectivity index (χ0) is 17.5. The molecule has 0 atom stereocenters. The number of urea groups is 1. The van der Waals surface area contributed by atoms with Crippen molar-refractivity contribution in [2.45, 2.75) is 6.42 Å². The van der Waals surface area contributed by atoms with Crippen LogP contribution in [0.4, 0.5) is 20.7 Å². The summed E-state index contributed by atoms with van der Waals surface area (Å²) in [6.07, 6.45) is 2.07. The molecule has 2 aromatic rings. The van der Waals surface area contributed by atoms with E-state index in [1.54, 1.807) is 24.4 Å². The highest BCUT2D eigenvalue weighted by Crippen LogP contribution is 2.15. The summed E-state index contributed by atoms with van der Waals surface area (Å²) in [7, 11) is 0. The van der Waals surface area contributed by atoms with Crippen LogP contribution in [-0.4, -0.2) is 43.9 Å². The number of morpholine rings is 1. The minimum atomic E-state index is -0.336. The Morgan fingerprint density at radius 2 is 2.00 bits per heavy atom. The molecule has 2 heterocycles. The number of carbonyl (C=O) groups is 1. The van der Waals surface area contributed by atoms with Crippen LogP contribution in [0.5, 0.6) is 0 Å². The molecule has 0 unspecified atom stereocenters. The fraction of sp³-hybridized carbons (Fsp3) is 0.333. The maximum Gasteiger partial charge on any atom is 0.319 e. The van der Waals surface area contributed by atoms with Gasteiger partial charge in [-0.3, -0.25) is 0 Å². The molecule has 0 aliphatic carbocycles. The van der Waals surface area contributed by atoms with Crippen molar-refractivity contribution >= 4 is 17.5 Å². The number of halogens is 1. The van der Waals surface area contributed by atoms with Crippen LogP contribution in [0.15, 0.2) is 42.6 Å². The summed E-state index contributed by atoms with van der Waals surface area (Å²) < 4.78 is 18.8. The molecule has 25 heavy (non-hydrogen) atoms. The Hall–Kier alpha value is -2.67. The molecule has 0 spiro atoms. The number of nitrogens with zero attached hydrogens (tertiary/aromatic N) is 2. The second-order valence-corrected chi connectivity index (χ2v) is 5.73. The van der Waals surface area contributed by atoms with Gasteiger partial charge in [-0.15, -0.1) is 0 Å². The van der Waals surface area contributed by atoms with Crippen molar-refractivity contribution in [3.63, 3.8) is 0 Å². The third-order valence-electron chi connectivity index (χ3n) is 3.98. The monoisotopic (exact) mass is 344 g/mol. The van der Waals surface area contributed by atoms with E-state index in [0.717, 1.165) is 18.9 Å². The Morgan fingerprint density at radius 1 is 1.20 bits per heavy atom. The Balaban J connectivity index is 1.45. The highest BCUT2D eigenvalue weighted by Gasteiger charge is 2.12. The zero-order valence-electron chi connectivity index (χ0n) is 13.9. The SMILES string of the molecule is O=C(NCCc1ccccc1F)Nc1ccc(N2CCOCC2)nc1. The number of hydrogen-bond acceptors (Lipinski definition) is 4. The molecule has 1 saturated heterocycles. The van der Waals surface area contributed by atoms with Crippen LogP contribution in [-0.2, 0) is 11.2 Å². The van der Waals surface area contributed by atoms with Crippen LogP contribution < -0.4 is 15.5 Å². The van der Waals surface area contributed by atoms with Gasteiger partial charge in [-0.05, 0) is 30.2 Å². The van der Waals surface area contributed by atoms with E-state index < -0.39 is 0 Å². The lowest BCUT2D eigenvalue weighted by molar-refractivity contribution is 0.122. The zero-order valence-corrected chi connectivity index (χ0v) is 13.9. The van der Waals surface area contributed by atoms with Gasteiger partial charge in [0.15, 0.2) is 0 Å². The first-order valence-electron chi connectivity index (χ1n) is 8.29. The fourth-order valence-electron chi connectivity index (χ4n) is 2.63. The van der Waals surface area contributed by atoms with Crippen molar-refractivity contribution in [2.75, 3.05) is 43.1 Å². The minimum absolute atomic E-state index is 0.257. The summed E-state index contributed by atoms with van der Waals surface area (Å²) >= 11 is 0. The van der Waals surface area contributed by atoms with E-state index in [0.29, 0.717) is 37.4 Å². The summed E-state index contributed by atoms with van der Waals surface area (Å²) in [6, 6.07) is 9.90. The molecule has 1 fully saturated rings. The number of ether oxygens (including phenoxy) is 1. The molecule has 0 bridgehead atoms. The molecule has 0 saturated carbocycles. The van der Waals surface area contributed by atoms with E-state index in [1.807, 2.05) is 12.1 Å². The van der Waals surface area contributed by atoms with E-state index in [-0.39, 0.29) is 11.8 Å². The first-order valence-corrected chi connectivity index (χ1v) is 8.29. The lowest BCUT2D eigenvalue weighted by Crippen LogP contribution is -2.36. The van der Waals surface area contributed by atoms with Gasteiger partial charge in [-0.2, -0.15) is 0 Å². The molecule has 1 aromatic heterocycles. The van der Waals surface area contributed by atoms with E-state index in [9.17, 15) is 9.18 Å². The van der Waals surface area contributed by atoms with Gasteiger partial charge < -0.3 is 20.3 Å². The summed E-state index contributed by atoms with van der Waals surface area (Å²) in [5.74, 6) is 0.612. The first-order chi connectivity index (χ1) is 12.2. The predicted octanol–water partition coefficient (Wildman–Crippen LogP) is 2.42. The first kappa shape index (κ1) is 17.2. The summed E-state index contributed by atoms with van der Waals surface area (Å²) in [4.78, 5) is 18.4. The minimum Gasteiger partial charge on any atom is -0.378 e. The van der Waals surface area contributed by atoms with Gasteiger partial charge in [0, 0.05) is 19.6 Å². The average Bonchev–Trinajstić information content (AvgIpc) is 2.65. The third kappa shape index (κ3) is 4.90. The number of amides is 2. The molecule has 3 rings (SSSR count). The third-order valence-corrected chi connectivity index (χ3v) is 3.98. The van der Waals surface area contributed by atoms with E-state index in [1.165, 1.54) is 6.07 Å². The maximum atomic E-state index is 13.5. The number of anilines is 2. The van der Waals surface area contributed by atoms with Gasteiger partial charge in [0.1, 0.15) is 11.6 Å². The van der Waals surface area contributed by atoms with Crippen LogP contribution in [0.1, 0.15) is 5.56 Å². The number of rotatable bonds is 5. The molecule has 1 aliphatic heterocycles. The highest BCUT2D eigenvalue weighted by atomic mass is 19.1. The van der Waals surface area contributed by atoms with Gasteiger partial charge in [-0.25, -0.2) is 14.2 Å². The quantitative estimate of drug-likeness (QED) is 0.874. The fourth-order valence-corrected chi connectivity index (χ4v) is 2.63. The summed E-state index contributed by atoms with van der Waals surface area (Å²) in [6.45, 7) is 3.39. The lowest BCUT2D eigenvalue weighted by atomic mass is 10.1. The van der Waals surface area contributed by atoms with Crippen molar-refractivity contribution in [3.05, 3.63) is 54.0 Å². The standard InChI is InChI=1S/C18H21FN4O2/c19-16-4-2-1-3-14(16)7-8-20-18(24)22-15-5-6-17(21-13-15)23-9-11-25-12-10-23/h1-6,13H,7-12H2,(H2,20,22,24). The number of carbonyl (C=O) groups excluding carboxylic acids is 1. The molecular formula is C18H21FN4O2.